The maximum Gasteiger partial charge on any atom is 0.237 e. The van der Waals surface area contributed by atoms with Gasteiger partial charge in [0.15, 0.2) is 0 Å². The molecule has 0 spiro atoms. The van der Waals surface area contributed by atoms with Gasteiger partial charge >= 0.3 is 0 Å². The van der Waals surface area contributed by atoms with E-state index in [4.69, 9.17) is 0 Å². The largest absolute Gasteiger partial charge is 0.326 e. The van der Waals surface area contributed by atoms with Crippen LogP contribution in [-0.4, -0.2) is 17.7 Å². The highest BCUT2D eigenvalue weighted by Gasteiger charge is 2.42. The van der Waals surface area contributed by atoms with Crippen molar-refractivity contribution in [3.8, 4) is 0 Å². The Morgan fingerprint density at radius 3 is 2.36 bits per heavy atom. The number of hydrogen-bond donors (Lipinski definition) is 2. The number of nitrogens with one attached hydrogen (secondary N) is 2. The van der Waals surface area contributed by atoms with E-state index in [1.54, 1.807) is 0 Å². The van der Waals surface area contributed by atoms with E-state index in [0.29, 0.717) is 37.8 Å². The Morgan fingerprint density at radius 1 is 1.07 bits per heavy atom. The molecule has 2 N–H and O–H groups in total. The van der Waals surface area contributed by atoms with Crippen molar-refractivity contribution < 1.29 is 14.4 Å². The lowest BCUT2D eigenvalue weighted by Crippen LogP contribution is -2.51. The minimum atomic E-state index is -0.679. The molecule has 5 nitrogen and oxygen atoms in total. The number of imide groups is 1. The first-order valence-electron chi connectivity index (χ1n) is 9.73. The van der Waals surface area contributed by atoms with Gasteiger partial charge in [-0.15, -0.1) is 0 Å². The predicted octanol–water partition coefficient (Wildman–Crippen LogP) is 3.65. The summed E-state index contributed by atoms with van der Waals surface area (Å²) in [6.45, 7) is 3.99. The number of amides is 3. The van der Waals surface area contributed by atoms with Crippen LogP contribution in [0.2, 0.25) is 0 Å². The van der Waals surface area contributed by atoms with Gasteiger partial charge in [-0.2, -0.15) is 0 Å². The van der Waals surface area contributed by atoms with Gasteiger partial charge in [0.2, 0.25) is 17.7 Å². The highest BCUT2D eigenvalue weighted by atomic mass is 16.2. The molecule has 1 fully saturated rings. The van der Waals surface area contributed by atoms with Crippen LogP contribution in [0.3, 0.4) is 0 Å². The molecular formula is C23H26N2O3. The number of aryl methyl sites for hydroxylation is 2. The molecule has 2 aromatic rings. The number of benzene rings is 2. The van der Waals surface area contributed by atoms with Crippen molar-refractivity contribution in [2.45, 2.75) is 51.4 Å². The van der Waals surface area contributed by atoms with Crippen molar-refractivity contribution in [1.29, 1.82) is 0 Å². The third-order valence-corrected chi connectivity index (χ3v) is 5.55. The predicted molar refractivity (Wildman–Crippen MR) is 109 cm³/mol. The van der Waals surface area contributed by atoms with E-state index in [-0.39, 0.29) is 17.7 Å². The van der Waals surface area contributed by atoms with Crippen molar-refractivity contribution >= 4 is 23.4 Å². The lowest BCUT2D eigenvalue weighted by Gasteiger charge is -2.35. The minimum absolute atomic E-state index is 0.0421. The van der Waals surface area contributed by atoms with E-state index in [9.17, 15) is 14.4 Å². The molecule has 146 valence electrons. The molecule has 1 unspecified atom stereocenters. The fourth-order valence-electron chi connectivity index (χ4n) is 3.67. The minimum Gasteiger partial charge on any atom is -0.326 e. The molecule has 5 heteroatoms. The van der Waals surface area contributed by atoms with Crippen LogP contribution in [0.5, 0.6) is 0 Å². The number of piperidine rings is 1. The van der Waals surface area contributed by atoms with Gasteiger partial charge in [-0.1, -0.05) is 48.9 Å². The fraction of sp³-hybridized carbons (Fsp3) is 0.348. The normalized spacial score (nSPS) is 19.2. The summed E-state index contributed by atoms with van der Waals surface area (Å²) in [5, 5.41) is 5.36. The van der Waals surface area contributed by atoms with Crippen LogP contribution in [0.15, 0.2) is 48.5 Å². The first-order valence-corrected chi connectivity index (χ1v) is 9.73. The van der Waals surface area contributed by atoms with Crippen molar-refractivity contribution in [2.75, 3.05) is 5.32 Å². The van der Waals surface area contributed by atoms with Crippen LogP contribution in [0.25, 0.3) is 0 Å². The summed E-state index contributed by atoms with van der Waals surface area (Å²) in [7, 11) is 0. The van der Waals surface area contributed by atoms with E-state index in [0.717, 1.165) is 11.1 Å². The number of carbonyl (C=O) groups is 3. The Labute approximate surface area is 165 Å². The third kappa shape index (κ3) is 4.30. The molecule has 1 heterocycles. The highest BCUT2D eigenvalue weighted by Crippen LogP contribution is 2.36. The molecule has 3 amide bonds. The maximum atomic E-state index is 12.5. The van der Waals surface area contributed by atoms with Crippen molar-refractivity contribution in [3.63, 3.8) is 0 Å². The van der Waals surface area contributed by atoms with Gasteiger partial charge < -0.3 is 5.32 Å². The average molecular weight is 378 g/mol. The summed E-state index contributed by atoms with van der Waals surface area (Å²) in [4.78, 5) is 36.2. The van der Waals surface area contributed by atoms with Crippen LogP contribution >= 0.6 is 0 Å². The summed E-state index contributed by atoms with van der Waals surface area (Å²) in [6, 6.07) is 15.6. The third-order valence-electron chi connectivity index (χ3n) is 5.55. The SMILES string of the molecule is CCC1(c2ccc(NC(=O)CCc3ccc(C)cc3)cc2)CCC(=O)NC1=O. The quantitative estimate of drug-likeness (QED) is 0.754. The molecule has 0 aliphatic carbocycles. The highest BCUT2D eigenvalue weighted by molar-refractivity contribution is 6.03. The molecule has 0 radical (unpaired) electrons. The van der Waals surface area contributed by atoms with Crippen molar-refractivity contribution in [3.05, 3.63) is 65.2 Å². The molecule has 0 saturated carbocycles. The molecule has 0 bridgehead atoms. The van der Waals surface area contributed by atoms with Gasteiger partial charge in [0.05, 0.1) is 5.41 Å². The van der Waals surface area contributed by atoms with Crippen LogP contribution < -0.4 is 10.6 Å². The van der Waals surface area contributed by atoms with Crippen molar-refractivity contribution in [2.24, 2.45) is 0 Å². The molecule has 0 aromatic heterocycles. The molecule has 3 rings (SSSR count). The van der Waals surface area contributed by atoms with Gasteiger partial charge in [-0.05, 0) is 49.4 Å². The summed E-state index contributed by atoms with van der Waals surface area (Å²) in [6.07, 6.45) is 2.58. The van der Waals surface area contributed by atoms with E-state index in [1.165, 1.54) is 5.56 Å². The summed E-state index contributed by atoms with van der Waals surface area (Å²) in [5.41, 5.74) is 3.24. The van der Waals surface area contributed by atoms with Crippen LogP contribution in [0.4, 0.5) is 5.69 Å². The topological polar surface area (TPSA) is 75.3 Å². The molecule has 1 aliphatic heterocycles. The van der Waals surface area contributed by atoms with Crippen LogP contribution in [-0.2, 0) is 26.2 Å². The number of hydrogen-bond acceptors (Lipinski definition) is 3. The fourth-order valence-corrected chi connectivity index (χ4v) is 3.67. The number of anilines is 1. The zero-order valence-electron chi connectivity index (χ0n) is 16.4. The number of rotatable bonds is 6. The summed E-state index contributed by atoms with van der Waals surface area (Å²) < 4.78 is 0. The monoisotopic (exact) mass is 378 g/mol. The molecule has 2 aromatic carbocycles. The molecule has 1 atom stereocenters. The molecule has 1 aliphatic rings. The Bertz CT molecular complexity index is 872. The van der Waals surface area contributed by atoms with E-state index in [2.05, 4.69) is 10.6 Å². The summed E-state index contributed by atoms with van der Waals surface area (Å²) >= 11 is 0. The maximum absolute atomic E-state index is 12.5. The summed E-state index contributed by atoms with van der Waals surface area (Å²) in [5.74, 6) is -0.493. The number of carbonyl (C=O) groups excluding carboxylic acids is 3. The second-order valence-electron chi connectivity index (χ2n) is 7.42. The Hall–Kier alpha value is -2.95. The standard InChI is InChI=1S/C23H26N2O3/c1-3-23(15-14-21(27)25-22(23)28)18-9-11-19(12-10-18)24-20(26)13-8-17-6-4-16(2)5-7-17/h4-7,9-12H,3,8,13-15H2,1-2H3,(H,24,26)(H,25,27,28). The zero-order valence-corrected chi connectivity index (χ0v) is 16.4. The smallest absolute Gasteiger partial charge is 0.237 e. The van der Waals surface area contributed by atoms with Gasteiger partial charge in [-0.3, -0.25) is 19.7 Å². The lowest BCUT2D eigenvalue weighted by molar-refractivity contribution is -0.138. The van der Waals surface area contributed by atoms with Gasteiger partial charge in [0.25, 0.3) is 0 Å². The van der Waals surface area contributed by atoms with Gasteiger partial charge in [0, 0.05) is 18.5 Å². The molecule has 1 saturated heterocycles. The van der Waals surface area contributed by atoms with E-state index in [1.807, 2.05) is 62.4 Å². The lowest BCUT2D eigenvalue weighted by atomic mass is 9.72. The molecule has 28 heavy (non-hydrogen) atoms. The van der Waals surface area contributed by atoms with Gasteiger partial charge in [0.1, 0.15) is 0 Å². The second-order valence-corrected chi connectivity index (χ2v) is 7.42. The van der Waals surface area contributed by atoms with Crippen LogP contribution in [0.1, 0.15) is 49.3 Å². The van der Waals surface area contributed by atoms with Gasteiger partial charge in [-0.25, -0.2) is 0 Å². The van der Waals surface area contributed by atoms with E-state index < -0.39 is 5.41 Å². The average Bonchev–Trinajstić information content (AvgIpc) is 2.69. The molecular weight excluding hydrogens is 352 g/mol. The zero-order chi connectivity index (χ0) is 20.1. The first kappa shape index (κ1) is 19.8. The Morgan fingerprint density at radius 2 is 1.75 bits per heavy atom. The first-order chi connectivity index (χ1) is 13.4. The van der Waals surface area contributed by atoms with Crippen molar-refractivity contribution in [1.82, 2.24) is 5.32 Å². The Kier molecular flexibility index (Phi) is 5.93. The Balaban J connectivity index is 1.62. The second kappa shape index (κ2) is 8.38. The van der Waals surface area contributed by atoms with E-state index >= 15 is 0 Å². The van der Waals surface area contributed by atoms with Crippen LogP contribution in [0, 0.1) is 6.92 Å².